The molecule has 2 N–H and O–H groups in total. The molecule has 0 aliphatic carbocycles. The molecule has 28 heavy (non-hydrogen) atoms. The Kier molecular flexibility index (Phi) is 5.97. The molecule has 3 aromatic carbocycles. The smallest absolute Gasteiger partial charge is 0.272 e. The molecule has 0 heterocycles. The zero-order valence-corrected chi connectivity index (χ0v) is 15.3. The fraction of sp³-hybridized carbons (Fsp3) is 0.0435. The van der Waals surface area contributed by atoms with Gasteiger partial charge >= 0.3 is 0 Å². The third kappa shape index (κ3) is 4.92. The quantitative estimate of drug-likeness (QED) is 0.644. The van der Waals surface area contributed by atoms with E-state index in [1.165, 1.54) is 18.2 Å². The van der Waals surface area contributed by atoms with Gasteiger partial charge in [0.1, 0.15) is 11.5 Å². The highest BCUT2D eigenvalue weighted by Gasteiger charge is 2.15. The molecule has 4 nitrogen and oxygen atoms in total. The summed E-state index contributed by atoms with van der Waals surface area (Å²) in [5.41, 5.74) is 2.10. The zero-order valence-electron chi connectivity index (χ0n) is 15.3. The Morgan fingerprint density at radius 3 is 2.32 bits per heavy atom. The summed E-state index contributed by atoms with van der Waals surface area (Å²) in [6.07, 6.45) is 1.32. The predicted octanol–water partition coefficient (Wildman–Crippen LogP) is 4.54. The van der Waals surface area contributed by atoms with E-state index in [1.54, 1.807) is 54.6 Å². The number of aryl methyl sites for hydroxylation is 1. The molecule has 0 aliphatic heterocycles. The first-order valence-electron chi connectivity index (χ1n) is 8.73. The van der Waals surface area contributed by atoms with E-state index in [4.69, 9.17) is 0 Å². The van der Waals surface area contributed by atoms with Crippen molar-refractivity contribution in [2.45, 2.75) is 6.92 Å². The molecule has 0 unspecified atom stereocenters. The minimum atomic E-state index is -0.543. The van der Waals surface area contributed by atoms with Crippen molar-refractivity contribution in [2.75, 3.05) is 5.32 Å². The van der Waals surface area contributed by atoms with Crippen LogP contribution in [0.4, 0.5) is 10.1 Å². The monoisotopic (exact) mass is 374 g/mol. The summed E-state index contributed by atoms with van der Waals surface area (Å²) in [5, 5.41) is 5.32. The van der Waals surface area contributed by atoms with E-state index in [2.05, 4.69) is 10.6 Å². The van der Waals surface area contributed by atoms with Gasteiger partial charge in [0.05, 0.1) is 0 Å². The lowest BCUT2D eigenvalue weighted by Crippen LogP contribution is -2.30. The number of hydrogen-bond donors (Lipinski definition) is 2. The number of rotatable bonds is 5. The molecule has 5 heteroatoms. The van der Waals surface area contributed by atoms with Gasteiger partial charge in [0.15, 0.2) is 0 Å². The van der Waals surface area contributed by atoms with Crippen LogP contribution in [0.15, 0.2) is 84.6 Å². The molecule has 0 saturated carbocycles. The van der Waals surface area contributed by atoms with E-state index >= 15 is 0 Å². The first kappa shape index (κ1) is 19.0. The van der Waals surface area contributed by atoms with Gasteiger partial charge in [-0.3, -0.25) is 9.59 Å². The van der Waals surface area contributed by atoms with Crippen molar-refractivity contribution in [2.24, 2.45) is 0 Å². The largest absolute Gasteiger partial charge is 0.321 e. The molecule has 2 amide bonds. The summed E-state index contributed by atoms with van der Waals surface area (Å²) in [7, 11) is 0. The molecule has 0 fully saturated rings. The Morgan fingerprint density at radius 1 is 0.893 bits per heavy atom. The molecule has 0 bridgehead atoms. The molecular formula is C23H19FN2O2. The van der Waals surface area contributed by atoms with Crippen molar-refractivity contribution in [1.82, 2.24) is 5.32 Å². The van der Waals surface area contributed by atoms with E-state index in [0.717, 1.165) is 5.56 Å². The predicted molar refractivity (Wildman–Crippen MR) is 108 cm³/mol. The Balaban J connectivity index is 1.91. The van der Waals surface area contributed by atoms with Gasteiger partial charge < -0.3 is 10.6 Å². The third-order valence-electron chi connectivity index (χ3n) is 4.01. The minimum absolute atomic E-state index is 0.0551. The Morgan fingerprint density at radius 2 is 1.61 bits per heavy atom. The maximum Gasteiger partial charge on any atom is 0.272 e. The number of benzene rings is 3. The van der Waals surface area contributed by atoms with E-state index in [9.17, 15) is 14.0 Å². The summed E-state index contributed by atoms with van der Waals surface area (Å²) in [4.78, 5) is 25.3. The lowest BCUT2D eigenvalue weighted by atomic mass is 10.1. The standard InChI is InChI=1S/C23H19FN2O2/c1-16-8-7-12-19(14-16)25-23(28)21(15-18-11-5-6-13-20(18)24)26-22(27)17-9-3-2-4-10-17/h2-15H,1H3,(H,25,28)(H,26,27)/b21-15-. The highest BCUT2D eigenvalue weighted by molar-refractivity contribution is 6.10. The lowest BCUT2D eigenvalue weighted by Gasteiger charge is -2.12. The maximum absolute atomic E-state index is 14.1. The zero-order chi connectivity index (χ0) is 19.9. The van der Waals surface area contributed by atoms with Crippen LogP contribution < -0.4 is 10.6 Å². The van der Waals surface area contributed by atoms with Crippen LogP contribution in [0, 0.1) is 12.7 Å². The number of amides is 2. The molecular weight excluding hydrogens is 355 g/mol. The van der Waals surface area contributed by atoms with Gasteiger partial charge in [-0.15, -0.1) is 0 Å². The van der Waals surface area contributed by atoms with Crippen molar-refractivity contribution in [3.05, 3.63) is 107 Å². The Hall–Kier alpha value is -3.73. The molecule has 140 valence electrons. The van der Waals surface area contributed by atoms with Crippen molar-refractivity contribution in [3.8, 4) is 0 Å². The summed E-state index contributed by atoms with van der Waals surface area (Å²) in [6, 6.07) is 21.8. The Bertz CT molecular complexity index is 1030. The fourth-order valence-electron chi connectivity index (χ4n) is 2.61. The lowest BCUT2D eigenvalue weighted by molar-refractivity contribution is -0.113. The second kappa shape index (κ2) is 8.77. The van der Waals surface area contributed by atoms with Crippen LogP contribution in [0.5, 0.6) is 0 Å². The highest BCUT2D eigenvalue weighted by Crippen LogP contribution is 2.14. The van der Waals surface area contributed by atoms with Crippen LogP contribution in [0.3, 0.4) is 0 Å². The second-order valence-electron chi connectivity index (χ2n) is 6.22. The molecule has 3 aromatic rings. The van der Waals surface area contributed by atoms with E-state index in [-0.39, 0.29) is 11.3 Å². The molecule has 0 spiro atoms. The Labute approximate surface area is 162 Å². The summed E-state index contributed by atoms with van der Waals surface area (Å²) in [5.74, 6) is -1.49. The second-order valence-corrected chi connectivity index (χ2v) is 6.22. The summed E-state index contributed by atoms with van der Waals surface area (Å²) >= 11 is 0. The van der Waals surface area contributed by atoms with Crippen molar-refractivity contribution in [1.29, 1.82) is 0 Å². The van der Waals surface area contributed by atoms with Gasteiger partial charge in [0.25, 0.3) is 11.8 Å². The average Bonchev–Trinajstić information content (AvgIpc) is 2.69. The molecule has 0 aliphatic rings. The van der Waals surface area contributed by atoms with Gasteiger partial charge in [-0.05, 0) is 48.9 Å². The normalized spacial score (nSPS) is 11.0. The molecule has 0 saturated heterocycles. The van der Waals surface area contributed by atoms with Crippen LogP contribution in [-0.2, 0) is 4.79 Å². The van der Waals surface area contributed by atoms with E-state index in [1.807, 2.05) is 19.1 Å². The van der Waals surface area contributed by atoms with Gasteiger partial charge in [-0.25, -0.2) is 4.39 Å². The number of carbonyl (C=O) groups is 2. The molecule has 3 rings (SSSR count). The first-order chi connectivity index (χ1) is 13.5. The number of halogens is 1. The van der Waals surface area contributed by atoms with Crippen molar-refractivity contribution in [3.63, 3.8) is 0 Å². The molecule has 0 radical (unpaired) electrons. The van der Waals surface area contributed by atoms with Gasteiger partial charge in [0, 0.05) is 16.8 Å². The van der Waals surface area contributed by atoms with Gasteiger partial charge in [-0.1, -0.05) is 48.5 Å². The van der Waals surface area contributed by atoms with E-state index < -0.39 is 17.6 Å². The topological polar surface area (TPSA) is 58.2 Å². The van der Waals surface area contributed by atoms with Crippen LogP contribution in [0.25, 0.3) is 6.08 Å². The SMILES string of the molecule is Cc1cccc(NC(=O)/C(=C/c2ccccc2F)NC(=O)c2ccccc2)c1. The first-order valence-corrected chi connectivity index (χ1v) is 8.73. The van der Waals surface area contributed by atoms with Crippen LogP contribution in [0.2, 0.25) is 0 Å². The number of hydrogen-bond acceptors (Lipinski definition) is 2. The average molecular weight is 374 g/mol. The fourth-order valence-corrected chi connectivity index (χ4v) is 2.61. The minimum Gasteiger partial charge on any atom is -0.321 e. The summed E-state index contributed by atoms with van der Waals surface area (Å²) < 4.78 is 14.1. The number of nitrogens with one attached hydrogen (secondary N) is 2. The number of carbonyl (C=O) groups excluding carboxylic acids is 2. The molecule has 0 aromatic heterocycles. The van der Waals surface area contributed by atoms with Gasteiger partial charge in [0.2, 0.25) is 0 Å². The highest BCUT2D eigenvalue weighted by atomic mass is 19.1. The van der Waals surface area contributed by atoms with Crippen LogP contribution in [0.1, 0.15) is 21.5 Å². The summed E-state index contributed by atoms with van der Waals surface area (Å²) in [6.45, 7) is 1.91. The van der Waals surface area contributed by atoms with E-state index in [0.29, 0.717) is 11.3 Å². The third-order valence-corrected chi connectivity index (χ3v) is 4.01. The molecule has 0 atom stereocenters. The number of anilines is 1. The van der Waals surface area contributed by atoms with Crippen molar-refractivity contribution < 1.29 is 14.0 Å². The van der Waals surface area contributed by atoms with Crippen molar-refractivity contribution >= 4 is 23.6 Å². The van der Waals surface area contributed by atoms with Gasteiger partial charge in [-0.2, -0.15) is 0 Å². The maximum atomic E-state index is 14.1. The van der Waals surface area contributed by atoms with Crippen LogP contribution >= 0.6 is 0 Å². The van der Waals surface area contributed by atoms with Crippen LogP contribution in [-0.4, -0.2) is 11.8 Å².